The van der Waals surface area contributed by atoms with Crippen LogP contribution < -0.4 is 15.0 Å². The molecular formula is C22H23N5O2. The zero-order chi connectivity index (χ0) is 20.2. The first kappa shape index (κ1) is 17.8. The third-order valence-electron chi connectivity index (χ3n) is 5.98. The molecule has 0 spiro atoms. The van der Waals surface area contributed by atoms with Gasteiger partial charge in [0.1, 0.15) is 12.4 Å². The Morgan fingerprint density at radius 1 is 1.21 bits per heavy atom. The predicted octanol–water partition coefficient (Wildman–Crippen LogP) is 3.34. The number of carbonyl (C=O) groups is 1. The van der Waals surface area contributed by atoms with E-state index in [0.717, 1.165) is 47.1 Å². The van der Waals surface area contributed by atoms with Gasteiger partial charge in [-0.2, -0.15) is 0 Å². The van der Waals surface area contributed by atoms with Crippen molar-refractivity contribution < 1.29 is 9.53 Å². The van der Waals surface area contributed by atoms with Crippen LogP contribution in [-0.4, -0.2) is 34.0 Å². The zero-order valence-corrected chi connectivity index (χ0v) is 16.8. The van der Waals surface area contributed by atoms with Gasteiger partial charge in [0.05, 0.1) is 23.8 Å². The standard InChI is InChI=1S/C22H23N5O2/c1-13-24-10-15(11-25-13)14-4-5-17-18(8-14)27(21(28)22(17,2)3)16-9-19-20(26-12-16)23-6-7-29-19/h4,8-12,17H,5-7H2,1-3H3,(H,23,26). The minimum atomic E-state index is -0.493. The van der Waals surface area contributed by atoms with E-state index in [4.69, 9.17) is 4.74 Å². The molecule has 148 valence electrons. The molecule has 1 atom stereocenters. The molecule has 3 aliphatic rings. The van der Waals surface area contributed by atoms with Gasteiger partial charge in [-0.15, -0.1) is 0 Å². The van der Waals surface area contributed by atoms with E-state index in [0.29, 0.717) is 12.4 Å². The third kappa shape index (κ3) is 2.80. The summed E-state index contributed by atoms with van der Waals surface area (Å²) < 4.78 is 5.74. The van der Waals surface area contributed by atoms with E-state index in [9.17, 15) is 4.79 Å². The topological polar surface area (TPSA) is 80.2 Å². The maximum absolute atomic E-state index is 13.4. The highest BCUT2D eigenvalue weighted by Gasteiger charge is 2.51. The Morgan fingerprint density at radius 3 is 2.79 bits per heavy atom. The molecule has 7 nitrogen and oxygen atoms in total. The normalized spacial score (nSPS) is 22.1. The second kappa shape index (κ2) is 6.40. The molecule has 0 saturated carbocycles. The Kier molecular flexibility index (Phi) is 3.94. The Hall–Kier alpha value is -3.22. The molecule has 4 heterocycles. The molecule has 1 amide bonds. The molecular weight excluding hydrogens is 366 g/mol. The van der Waals surface area contributed by atoms with Crippen LogP contribution in [-0.2, 0) is 4.79 Å². The first-order valence-corrected chi connectivity index (χ1v) is 9.87. The number of aryl methyl sites for hydroxylation is 1. The third-order valence-corrected chi connectivity index (χ3v) is 5.98. The van der Waals surface area contributed by atoms with E-state index in [-0.39, 0.29) is 11.8 Å². The SMILES string of the molecule is Cc1ncc(C2=CCC3C(=C2)N(c2cnc4c(c2)OCCN4)C(=O)C3(C)C)cn1. The van der Waals surface area contributed by atoms with E-state index < -0.39 is 5.41 Å². The van der Waals surface area contributed by atoms with Gasteiger partial charge in [0.2, 0.25) is 5.91 Å². The van der Waals surface area contributed by atoms with Crippen molar-refractivity contribution in [1.29, 1.82) is 0 Å². The van der Waals surface area contributed by atoms with Gasteiger partial charge in [0.15, 0.2) is 11.6 Å². The molecule has 2 aromatic heterocycles. The summed E-state index contributed by atoms with van der Waals surface area (Å²) in [5.74, 6) is 2.33. The van der Waals surface area contributed by atoms with Crippen molar-refractivity contribution in [2.24, 2.45) is 11.3 Å². The van der Waals surface area contributed by atoms with Gasteiger partial charge in [-0.05, 0) is 25.0 Å². The lowest BCUT2D eigenvalue weighted by atomic mass is 9.75. The number of rotatable bonds is 2. The Labute approximate surface area is 169 Å². The van der Waals surface area contributed by atoms with E-state index in [1.165, 1.54) is 0 Å². The maximum atomic E-state index is 13.4. The van der Waals surface area contributed by atoms with Crippen LogP contribution in [0.15, 0.2) is 42.5 Å². The van der Waals surface area contributed by atoms with Crippen LogP contribution in [0.4, 0.5) is 11.5 Å². The van der Waals surface area contributed by atoms with Crippen molar-refractivity contribution in [1.82, 2.24) is 15.0 Å². The summed E-state index contributed by atoms with van der Waals surface area (Å²) in [4.78, 5) is 28.3. The van der Waals surface area contributed by atoms with Gasteiger partial charge in [-0.25, -0.2) is 15.0 Å². The van der Waals surface area contributed by atoms with Crippen LogP contribution in [0, 0.1) is 18.3 Å². The van der Waals surface area contributed by atoms with Crippen molar-refractivity contribution >= 4 is 23.0 Å². The highest BCUT2D eigenvalue weighted by molar-refractivity contribution is 6.05. The number of carbonyl (C=O) groups excluding carboxylic acids is 1. The molecule has 5 rings (SSSR count). The van der Waals surface area contributed by atoms with Crippen LogP contribution >= 0.6 is 0 Å². The van der Waals surface area contributed by atoms with Gasteiger partial charge in [-0.3, -0.25) is 9.69 Å². The number of amides is 1. The number of hydrogen-bond donors (Lipinski definition) is 1. The first-order valence-electron chi connectivity index (χ1n) is 9.87. The van der Waals surface area contributed by atoms with Gasteiger partial charge < -0.3 is 10.1 Å². The van der Waals surface area contributed by atoms with Crippen molar-refractivity contribution in [3.63, 3.8) is 0 Å². The van der Waals surface area contributed by atoms with E-state index >= 15 is 0 Å². The second-order valence-electron chi connectivity index (χ2n) is 8.21. The lowest BCUT2D eigenvalue weighted by Crippen LogP contribution is -2.31. The molecule has 7 heteroatoms. The number of allylic oxidation sites excluding steroid dienone is 4. The molecule has 1 fully saturated rings. The monoisotopic (exact) mass is 389 g/mol. The number of anilines is 2. The highest BCUT2D eigenvalue weighted by Crippen LogP contribution is 2.50. The average molecular weight is 389 g/mol. The second-order valence-corrected chi connectivity index (χ2v) is 8.21. The predicted molar refractivity (Wildman–Crippen MR) is 110 cm³/mol. The van der Waals surface area contributed by atoms with Crippen LogP contribution in [0.1, 0.15) is 31.7 Å². The lowest BCUT2D eigenvalue weighted by Gasteiger charge is -2.26. The summed E-state index contributed by atoms with van der Waals surface area (Å²) >= 11 is 0. The van der Waals surface area contributed by atoms with Crippen molar-refractivity contribution in [3.8, 4) is 5.75 Å². The largest absolute Gasteiger partial charge is 0.488 e. The quantitative estimate of drug-likeness (QED) is 0.849. The fraction of sp³-hybridized carbons (Fsp3) is 0.364. The Morgan fingerprint density at radius 2 is 2.00 bits per heavy atom. The summed E-state index contributed by atoms with van der Waals surface area (Å²) in [7, 11) is 0. The number of fused-ring (bicyclic) bond motifs is 2. The molecule has 1 N–H and O–H groups in total. The summed E-state index contributed by atoms with van der Waals surface area (Å²) in [6.45, 7) is 7.22. The molecule has 1 saturated heterocycles. The average Bonchev–Trinajstić information content (AvgIpc) is 2.93. The number of nitrogens with one attached hydrogen (secondary N) is 1. The summed E-state index contributed by atoms with van der Waals surface area (Å²) in [5.41, 5.74) is 3.22. The van der Waals surface area contributed by atoms with Gasteiger partial charge in [0.25, 0.3) is 0 Å². The molecule has 0 bridgehead atoms. The lowest BCUT2D eigenvalue weighted by molar-refractivity contribution is -0.125. The van der Waals surface area contributed by atoms with Crippen LogP contribution in [0.3, 0.4) is 0 Å². The number of nitrogens with zero attached hydrogens (tertiary/aromatic N) is 4. The van der Waals surface area contributed by atoms with Gasteiger partial charge >= 0.3 is 0 Å². The minimum absolute atomic E-state index is 0.0778. The van der Waals surface area contributed by atoms with E-state index in [1.54, 1.807) is 11.1 Å². The molecule has 1 unspecified atom stereocenters. The fourth-order valence-corrected chi connectivity index (χ4v) is 4.26. The highest BCUT2D eigenvalue weighted by atomic mass is 16.5. The maximum Gasteiger partial charge on any atom is 0.237 e. The smallest absolute Gasteiger partial charge is 0.237 e. The molecule has 2 aliphatic heterocycles. The van der Waals surface area contributed by atoms with Crippen molar-refractivity contribution in [2.75, 3.05) is 23.4 Å². The molecule has 1 aliphatic carbocycles. The van der Waals surface area contributed by atoms with Gasteiger partial charge in [0, 0.05) is 35.6 Å². The zero-order valence-electron chi connectivity index (χ0n) is 16.8. The first-order chi connectivity index (χ1) is 13.9. The molecule has 0 radical (unpaired) electrons. The minimum Gasteiger partial charge on any atom is -0.488 e. The van der Waals surface area contributed by atoms with Crippen LogP contribution in [0.25, 0.3) is 5.57 Å². The van der Waals surface area contributed by atoms with Crippen LogP contribution in [0.5, 0.6) is 5.75 Å². The Bertz CT molecular complexity index is 1060. The van der Waals surface area contributed by atoms with Crippen molar-refractivity contribution in [2.45, 2.75) is 27.2 Å². The van der Waals surface area contributed by atoms with Crippen molar-refractivity contribution in [3.05, 3.63) is 53.9 Å². The fourth-order valence-electron chi connectivity index (χ4n) is 4.26. The number of ether oxygens (including phenoxy) is 1. The molecule has 0 aromatic carbocycles. The summed E-state index contributed by atoms with van der Waals surface area (Å²) in [6.07, 6.45) is 10.5. The van der Waals surface area contributed by atoms with Gasteiger partial charge in [-0.1, -0.05) is 19.9 Å². The Balaban J connectivity index is 1.58. The number of hydrogen-bond acceptors (Lipinski definition) is 6. The van der Waals surface area contributed by atoms with E-state index in [2.05, 4.69) is 32.4 Å². The van der Waals surface area contributed by atoms with E-state index in [1.807, 2.05) is 39.2 Å². The number of pyridine rings is 1. The summed E-state index contributed by atoms with van der Waals surface area (Å²) in [6, 6.07) is 1.90. The van der Waals surface area contributed by atoms with Crippen LogP contribution in [0.2, 0.25) is 0 Å². The molecule has 2 aromatic rings. The molecule has 29 heavy (non-hydrogen) atoms. The number of aromatic nitrogens is 3. The summed E-state index contributed by atoms with van der Waals surface area (Å²) in [5, 5.41) is 3.22.